The van der Waals surface area contributed by atoms with E-state index in [2.05, 4.69) is 15.5 Å². The fraction of sp³-hybridized carbons (Fsp3) is 0.600. The Labute approximate surface area is 170 Å². The van der Waals surface area contributed by atoms with E-state index in [0.717, 1.165) is 25.9 Å². The van der Waals surface area contributed by atoms with Crippen molar-refractivity contribution in [3.63, 3.8) is 0 Å². The normalized spacial score (nSPS) is 18.4. The SMILES string of the molecule is COc1cc(C(=O)NCC2OCCO2)cc(NC(=O)C2CCN(C)CC2)c1OC. The number of nitrogens with one attached hydrogen (secondary N) is 2. The van der Waals surface area contributed by atoms with E-state index in [0.29, 0.717) is 36.0 Å². The van der Waals surface area contributed by atoms with Crippen LogP contribution in [0.2, 0.25) is 0 Å². The van der Waals surface area contributed by atoms with Crippen LogP contribution in [0.3, 0.4) is 0 Å². The van der Waals surface area contributed by atoms with Crippen LogP contribution in [0.4, 0.5) is 5.69 Å². The highest BCUT2D eigenvalue weighted by molar-refractivity contribution is 6.00. The first kappa shape index (κ1) is 21.4. The van der Waals surface area contributed by atoms with Crippen molar-refractivity contribution in [3.8, 4) is 11.5 Å². The lowest BCUT2D eigenvalue weighted by molar-refractivity contribution is -0.121. The predicted molar refractivity (Wildman–Crippen MR) is 106 cm³/mol. The van der Waals surface area contributed by atoms with E-state index in [4.69, 9.17) is 18.9 Å². The third-order valence-corrected chi connectivity index (χ3v) is 5.21. The van der Waals surface area contributed by atoms with E-state index in [1.165, 1.54) is 14.2 Å². The number of carbonyl (C=O) groups is 2. The Morgan fingerprint density at radius 2 is 1.83 bits per heavy atom. The molecule has 2 amide bonds. The van der Waals surface area contributed by atoms with Gasteiger partial charge in [0.15, 0.2) is 17.8 Å². The molecule has 0 atom stereocenters. The number of carbonyl (C=O) groups excluding carboxylic acids is 2. The summed E-state index contributed by atoms with van der Waals surface area (Å²) in [5, 5.41) is 5.70. The minimum absolute atomic E-state index is 0.0731. The van der Waals surface area contributed by atoms with Crippen molar-refractivity contribution in [3.05, 3.63) is 17.7 Å². The van der Waals surface area contributed by atoms with E-state index >= 15 is 0 Å². The summed E-state index contributed by atoms with van der Waals surface area (Å²) in [4.78, 5) is 27.6. The van der Waals surface area contributed by atoms with E-state index in [9.17, 15) is 9.59 Å². The Bertz CT molecular complexity index is 727. The van der Waals surface area contributed by atoms with Crippen molar-refractivity contribution >= 4 is 17.5 Å². The zero-order valence-corrected chi connectivity index (χ0v) is 17.2. The molecule has 0 unspecified atom stereocenters. The maximum absolute atomic E-state index is 12.8. The minimum atomic E-state index is -0.442. The van der Waals surface area contributed by atoms with E-state index in [1.54, 1.807) is 12.1 Å². The van der Waals surface area contributed by atoms with E-state index in [1.807, 2.05) is 7.05 Å². The van der Waals surface area contributed by atoms with Crippen LogP contribution in [0.25, 0.3) is 0 Å². The molecule has 9 nitrogen and oxygen atoms in total. The smallest absolute Gasteiger partial charge is 0.251 e. The Morgan fingerprint density at radius 3 is 2.45 bits per heavy atom. The summed E-state index contributed by atoms with van der Waals surface area (Å²) in [6.45, 7) is 3.04. The third kappa shape index (κ3) is 5.37. The number of ether oxygens (including phenoxy) is 4. The highest BCUT2D eigenvalue weighted by atomic mass is 16.7. The van der Waals surface area contributed by atoms with Gasteiger partial charge in [-0.25, -0.2) is 0 Å². The third-order valence-electron chi connectivity index (χ3n) is 5.21. The summed E-state index contributed by atoms with van der Waals surface area (Å²) in [7, 11) is 5.03. The zero-order chi connectivity index (χ0) is 20.8. The molecular formula is C20H29N3O6. The molecule has 9 heteroatoms. The molecule has 3 rings (SSSR count). The average molecular weight is 407 g/mol. The topological polar surface area (TPSA) is 98.4 Å². The number of benzene rings is 1. The Hall–Kier alpha value is -2.36. The van der Waals surface area contributed by atoms with Crippen molar-refractivity contribution in [1.29, 1.82) is 0 Å². The second kappa shape index (κ2) is 9.91. The summed E-state index contributed by atoms with van der Waals surface area (Å²) >= 11 is 0. The van der Waals surface area contributed by atoms with Gasteiger partial charge in [0.05, 0.1) is 39.7 Å². The molecule has 2 heterocycles. The first-order chi connectivity index (χ1) is 14.0. The summed E-state index contributed by atoms with van der Waals surface area (Å²) in [5.74, 6) is 0.277. The molecule has 2 N–H and O–H groups in total. The van der Waals surface area contributed by atoms with Crippen LogP contribution in [0.1, 0.15) is 23.2 Å². The van der Waals surface area contributed by atoms with Crippen molar-refractivity contribution in [2.45, 2.75) is 19.1 Å². The number of hydrogen-bond donors (Lipinski definition) is 2. The van der Waals surface area contributed by atoms with Crippen LogP contribution >= 0.6 is 0 Å². The number of piperidine rings is 1. The molecule has 1 aromatic rings. The van der Waals surface area contributed by atoms with Gasteiger partial charge in [0, 0.05) is 11.5 Å². The fourth-order valence-electron chi connectivity index (χ4n) is 3.50. The summed E-state index contributed by atoms with van der Waals surface area (Å²) in [6, 6.07) is 3.18. The van der Waals surface area contributed by atoms with Gasteiger partial charge in [-0.05, 0) is 45.1 Å². The van der Waals surface area contributed by atoms with E-state index < -0.39 is 6.29 Å². The Balaban J connectivity index is 1.74. The molecule has 29 heavy (non-hydrogen) atoms. The fourth-order valence-corrected chi connectivity index (χ4v) is 3.50. The van der Waals surface area contributed by atoms with Crippen molar-refractivity contribution in [2.24, 2.45) is 5.92 Å². The van der Waals surface area contributed by atoms with E-state index in [-0.39, 0.29) is 24.3 Å². The van der Waals surface area contributed by atoms with Crippen LogP contribution < -0.4 is 20.1 Å². The summed E-state index contributed by atoms with van der Waals surface area (Å²) in [5.41, 5.74) is 0.758. The molecule has 2 fully saturated rings. The van der Waals surface area contributed by atoms with Gasteiger partial charge >= 0.3 is 0 Å². The maximum atomic E-state index is 12.8. The van der Waals surface area contributed by atoms with Gasteiger partial charge < -0.3 is 34.5 Å². The maximum Gasteiger partial charge on any atom is 0.251 e. The molecule has 0 bridgehead atoms. The zero-order valence-electron chi connectivity index (χ0n) is 17.2. The summed E-state index contributed by atoms with van der Waals surface area (Å²) < 4.78 is 21.5. The molecule has 0 radical (unpaired) electrons. The Morgan fingerprint density at radius 1 is 1.14 bits per heavy atom. The quantitative estimate of drug-likeness (QED) is 0.698. The number of anilines is 1. The molecule has 2 saturated heterocycles. The van der Waals surface area contributed by atoms with Crippen LogP contribution in [0.5, 0.6) is 11.5 Å². The van der Waals surface area contributed by atoms with Crippen LogP contribution in [-0.4, -0.2) is 77.1 Å². The van der Waals surface area contributed by atoms with Gasteiger partial charge in [-0.2, -0.15) is 0 Å². The Kier molecular flexibility index (Phi) is 7.29. The molecule has 0 aromatic heterocycles. The molecule has 0 spiro atoms. The largest absolute Gasteiger partial charge is 0.493 e. The van der Waals surface area contributed by atoms with Gasteiger partial charge in [0.2, 0.25) is 5.91 Å². The molecule has 1 aromatic carbocycles. The van der Waals surface area contributed by atoms with Crippen molar-refractivity contribution in [2.75, 3.05) is 59.4 Å². The number of rotatable bonds is 7. The average Bonchev–Trinajstić information content (AvgIpc) is 3.25. The van der Waals surface area contributed by atoms with Gasteiger partial charge in [-0.15, -0.1) is 0 Å². The summed E-state index contributed by atoms with van der Waals surface area (Å²) in [6.07, 6.45) is 1.15. The molecule has 0 saturated carbocycles. The lowest BCUT2D eigenvalue weighted by Crippen LogP contribution is -2.36. The highest BCUT2D eigenvalue weighted by Gasteiger charge is 2.26. The van der Waals surface area contributed by atoms with Gasteiger partial charge in [0.25, 0.3) is 5.91 Å². The monoisotopic (exact) mass is 407 g/mol. The minimum Gasteiger partial charge on any atom is -0.493 e. The first-order valence-corrected chi connectivity index (χ1v) is 9.78. The van der Waals surface area contributed by atoms with Crippen LogP contribution in [-0.2, 0) is 14.3 Å². The molecule has 0 aliphatic carbocycles. The van der Waals surface area contributed by atoms with Crippen molar-refractivity contribution in [1.82, 2.24) is 10.2 Å². The standard InChI is InChI=1S/C20H29N3O6/c1-23-6-4-13(5-7-23)20(25)22-15-10-14(11-16(26-2)18(15)27-3)19(24)21-12-17-28-8-9-29-17/h10-11,13,17H,4-9,12H2,1-3H3,(H,21,24)(H,22,25). The van der Waals surface area contributed by atoms with Gasteiger partial charge in [-0.1, -0.05) is 0 Å². The van der Waals surface area contributed by atoms with Crippen LogP contribution in [0.15, 0.2) is 12.1 Å². The highest BCUT2D eigenvalue weighted by Crippen LogP contribution is 2.37. The predicted octanol–water partition coefficient (Wildman–Crippen LogP) is 1.09. The second-order valence-electron chi connectivity index (χ2n) is 7.21. The number of hydrogen-bond acceptors (Lipinski definition) is 7. The molecule has 2 aliphatic heterocycles. The van der Waals surface area contributed by atoms with Gasteiger partial charge in [0.1, 0.15) is 0 Å². The molecule has 160 valence electrons. The van der Waals surface area contributed by atoms with Crippen molar-refractivity contribution < 1.29 is 28.5 Å². The number of methoxy groups -OCH3 is 2. The number of amides is 2. The lowest BCUT2D eigenvalue weighted by atomic mass is 9.96. The number of nitrogens with zero attached hydrogens (tertiary/aromatic N) is 1. The van der Waals surface area contributed by atoms with Gasteiger partial charge in [-0.3, -0.25) is 9.59 Å². The second-order valence-corrected chi connectivity index (χ2v) is 7.21. The van der Waals surface area contributed by atoms with Crippen LogP contribution in [0, 0.1) is 5.92 Å². The molecule has 2 aliphatic rings. The molecular weight excluding hydrogens is 378 g/mol. The lowest BCUT2D eigenvalue weighted by Gasteiger charge is -2.28. The number of likely N-dealkylation sites (tertiary alicyclic amines) is 1. The first-order valence-electron chi connectivity index (χ1n) is 9.78.